The fraction of sp³-hybridized carbons (Fsp3) is 0.333. The SMILES string of the molecule is COc1ccc(C)cc1Nc1cc(C(=O)N2CCN(C=O)CC2)ncn1. The van der Waals surface area contributed by atoms with E-state index in [1.165, 1.54) is 6.33 Å². The van der Waals surface area contributed by atoms with Crippen molar-refractivity contribution in [1.29, 1.82) is 0 Å². The third-order valence-electron chi connectivity index (χ3n) is 4.25. The summed E-state index contributed by atoms with van der Waals surface area (Å²) in [6.45, 7) is 4.04. The Labute approximate surface area is 151 Å². The van der Waals surface area contributed by atoms with E-state index in [-0.39, 0.29) is 5.91 Å². The van der Waals surface area contributed by atoms with Crippen LogP contribution in [0.5, 0.6) is 5.75 Å². The van der Waals surface area contributed by atoms with Crippen LogP contribution in [0.1, 0.15) is 16.1 Å². The zero-order valence-corrected chi connectivity index (χ0v) is 14.8. The first kappa shape index (κ1) is 17.7. The van der Waals surface area contributed by atoms with Crippen molar-refractivity contribution in [3.05, 3.63) is 41.9 Å². The predicted octanol–water partition coefficient (Wildman–Crippen LogP) is 1.45. The van der Waals surface area contributed by atoms with Gasteiger partial charge in [0.05, 0.1) is 12.8 Å². The number of piperazine rings is 1. The summed E-state index contributed by atoms with van der Waals surface area (Å²) in [4.78, 5) is 35.1. The summed E-state index contributed by atoms with van der Waals surface area (Å²) < 4.78 is 5.35. The van der Waals surface area contributed by atoms with Crippen molar-refractivity contribution in [3.8, 4) is 5.75 Å². The number of nitrogens with one attached hydrogen (secondary N) is 1. The van der Waals surface area contributed by atoms with E-state index >= 15 is 0 Å². The molecule has 0 bridgehead atoms. The maximum absolute atomic E-state index is 12.7. The van der Waals surface area contributed by atoms with Crippen molar-refractivity contribution in [2.75, 3.05) is 38.6 Å². The van der Waals surface area contributed by atoms with E-state index in [9.17, 15) is 9.59 Å². The molecule has 0 unspecified atom stereocenters. The van der Waals surface area contributed by atoms with Crippen LogP contribution in [-0.2, 0) is 4.79 Å². The van der Waals surface area contributed by atoms with Gasteiger partial charge in [-0.15, -0.1) is 0 Å². The molecule has 0 aliphatic carbocycles. The maximum Gasteiger partial charge on any atom is 0.272 e. The minimum absolute atomic E-state index is 0.169. The number of rotatable bonds is 5. The Morgan fingerprint density at radius 1 is 1.19 bits per heavy atom. The second kappa shape index (κ2) is 7.81. The van der Waals surface area contributed by atoms with Gasteiger partial charge in [-0.3, -0.25) is 9.59 Å². The molecule has 2 aromatic rings. The normalized spacial score (nSPS) is 14.1. The molecule has 0 spiro atoms. The first-order valence-electron chi connectivity index (χ1n) is 8.33. The largest absolute Gasteiger partial charge is 0.495 e. The van der Waals surface area contributed by atoms with E-state index in [4.69, 9.17) is 4.74 Å². The fourth-order valence-corrected chi connectivity index (χ4v) is 2.79. The molecule has 0 radical (unpaired) electrons. The maximum atomic E-state index is 12.7. The van der Waals surface area contributed by atoms with Crippen LogP contribution in [0, 0.1) is 6.92 Å². The standard InChI is InChI=1S/C18H21N5O3/c1-13-3-4-16(26-2)14(9-13)21-17-10-15(19-11-20-17)18(25)23-7-5-22(12-24)6-8-23/h3-4,9-12H,5-8H2,1-2H3,(H,19,20,21). The number of methoxy groups -OCH3 is 1. The molecule has 1 aliphatic heterocycles. The van der Waals surface area contributed by atoms with Gasteiger partial charge < -0.3 is 19.9 Å². The number of benzene rings is 1. The Balaban J connectivity index is 1.75. The summed E-state index contributed by atoms with van der Waals surface area (Å²) in [6, 6.07) is 7.40. The van der Waals surface area contributed by atoms with E-state index in [2.05, 4.69) is 15.3 Å². The molecule has 8 heteroatoms. The van der Waals surface area contributed by atoms with E-state index in [0.29, 0.717) is 43.4 Å². The summed E-state index contributed by atoms with van der Waals surface area (Å²) in [5.41, 5.74) is 2.16. The molecule has 1 aromatic carbocycles. The highest BCUT2D eigenvalue weighted by Crippen LogP contribution is 2.28. The highest BCUT2D eigenvalue weighted by atomic mass is 16.5. The predicted molar refractivity (Wildman–Crippen MR) is 96.6 cm³/mol. The third-order valence-corrected chi connectivity index (χ3v) is 4.25. The van der Waals surface area contributed by atoms with Gasteiger partial charge in [0.15, 0.2) is 0 Å². The molecule has 1 N–H and O–H groups in total. The Bertz CT molecular complexity index is 803. The minimum atomic E-state index is -0.169. The van der Waals surface area contributed by atoms with Gasteiger partial charge >= 0.3 is 0 Å². The molecule has 2 amide bonds. The van der Waals surface area contributed by atoms with Gasteiger partial charge in [-0.25, -0.2) is 9.97 Å². The van der Waals surface area contributed by atoms with Crippen molar-refractivity contribution in [2.45, 2.75) is 6.92 Å². The average molecular weight is 355 g/mol. The van der Waals surface area contributed by atoms with Crippen molar-refractivity contribution in [2.24, 2.45) is 0 Å². The van der Waals surface area contributed by atoms with Crippen LogP contribution >= 0.6 is 0 Å². The molecule has 26 heavy (non-hydrogen) atoms. The van der Waals surface area contributed by atoms with E-state index in [1.54, 1.807) is 23.0 Å². The van der Waals surface area contributed by atoms with E-state index in [1.807, 2.05) is 25.1 Å². The van der Waals surface area contributed by atoms with E-state index in [0.717, 1.165) is 17.7 Å². The summed E-state index contributed by atoms with van der Waals surface area (Å²) in [5, 5.41) is 3.18. The van der Waals surface area contributed by atoms with Crippen molar-refractivity contribution in [3.63, 3.8) is 0 Å². The fourth-order valence-electron chi connectivity index (χ4n) is 2.79. The Hall–Kier alpha value is -3.16. The molecular weight excluding hydrogens is 334 g/mol. The minimum Gasteiger partial charge on any atom is -0.495 e. The highest BCUT2D eigenvalue weighted by molar-refractivity contribution is 5.93. The number of nitrogens with zero attached hydrogens (tertiary/aromatic N) is 4. The molecule has 0 atom stereocenters. The summed E-state index contributed by atoms with van der Waals surface area (Å²) in [5.74, 6) is 1.03. The molecule has 8 nitrogen and oxygen atoms in total. The molecule has 1 fully saturated rings. The number of hydrogen-bond acceptors (Lipinski definition) is 6. The number of anilines is 2. The molecule has 1 aliphatic rings. The monoisotopic (exact) mass is 355 g/mol. The van der Waals surface area contributed by atoms with Crippen LogP contribution in [0.15, 0.2) is 30.6 Å². The smallest absolute Gasteiger partial charge is 0.272 e. The summed E-state index contributed by atoms with van der Waals surface area (Å²) in [6.07, 6.45) is 2.17. The van der Waals surface area contributed by atoms with Crippen molar-refractivity contribution in [1.82, 2.24) is 19.8 Å². The third kappa shape index (κ3) is 3.90. The molecular formula is C18H21N5O3. The number of hydrogen-bond donors (Lipinski definition) is 1. The second-order valence-electron chi connectivity index (χ2n) is 6.05. The summed E-state index contributed by atoms with van der Waals surface area (Å²) in [7, 11) is 1.60. The van der Waals surface area contributed by atoms with Crippen LogP contribution in [0.4, 0.5) is 11.5 Å². The van der Waals surface area contributed by atoms with Gasteiger partial charge in [0.1, 0.15) is 23.6 Å². The molecule has 136 valence electrons. The number of ether oxygens (including phenoxy) is 1. The lowest BCUT2D eigenvalue weighted by molar-refractivity contribution is -0.119. The van der Waals surface area contributed by atoms with Gasteiger partial charge in [-0.05, 0) is 24.6 Å². The van der Waals surface area contributed by atoms with Gasteiger partial charge in [-0.2, -0.15) is 0 Å². The van der Waals surface area contributed by atoms with Crippen LogP contribution in [0.2, 0.25) is 0 Å². The molecule has 1 saturated heterocycles. The Morgan fingerprint density at radius 2 is 1.96 bits per heavy atom. The van der Waals surface area contributed by atoms with Crippen molar-refractivity contribution >= 4 is 23.8 Å². The Kier molecular flexibility index (Phi) is 5.31. The lowest BCUT2D eigenvalue weighted by atomic mass is 10.2. The molecule has 3 rings (SSSR count). The van der Waals surface area contributed by atoms with Crippen LogP contribution in [0.25, 0.3) is 0 Å². The van der Waals surface area contributed by atoms with Crippen LogP contribution in [-0.4, -0.2) is 65.4 Å². The van der Waals surface area contributed by atoms with Gasteiger partial charge in [0, 0.05) is 32.2 Å². The first-order chi connectivity index (χ1) is 12.6. The first-order valence-corrected chi connectivity index (χ1v) is 8.33. The van der Waals surface area contributed by atoms with E-state index < -0.39 is 0 Å². The average Bonchev–Trinajstić information content (AvgIpc) is 2.68. The Morgan fingerprint density at radius 3 is 2.65 bits per heavy atom. The summed E-state index contributed by atoms with van der Waals surface area (Å²) >= 11 is 0. The highest BCUT2D eigenvalue weighted by Gasteiger charge is 2.22. The second-order valence-corrected chi connectivity index (χ2v) is 6.05. The van der Waals surface area contributed by atoms with Crippen molar-refractivity contribution < 1.29 is 14.3 Å². The molecule has 1 aromatic heterocycles. The zero-order valence-electron chi connectivity index (χ0n) is 14.8. The van der Waals surface area contributed by atoms with Gasteiger partial charge in [-0.1, -0.05) is 6.07 Å². The lowest BCUT2D eigenvalue weighted by Crippen LogP contribution is -2.48. The number of aryl methyl sites for hydroxylation is 1. The number of amides is 2. The quantitative estimate of drug-likeness (QED) is 0.817. The number of carbonyl (C=O) groups excluding carboxylic acids is 2. The van der Waals surface area contributed by atoms with Crippen LogP contribution < -0.4 is 10.1 Å². The number of aromatic nitrogens is 2. The molecule has 0 saturated carbocycles. The lowest BCUT2D eigenvalue weighted by Gasteiger charge is -2.32. The zero-order chi connectivity index (χ0) is 18.5. The van der Waals surface area contributed by atoms with Crippen LogP contribution in [0.3, 0.4) is 0 Å². The van der Waals surface area contributed by atoms with Gasteiger partial charge in [0.2, 0.25) is 6.41 Å². The number of carbonyl (C=O) groups is 2. The topological polar surface area (TPSA) is 87.7 Å². The van der Waals surface area contributed by atoms with Gasteiger partial charge in [0.25, 0.3) is 5.91 Å². The molecule has 2 heterocycles.